The largest absolute Gasteiger partial charge is 0.300 e. The zero-order valence-corrected chi connectivity index (χ0v) is 9.42. The Morgan fingerprint density at radius 2 is 2.27 bits per heavy atom. The highest BCUT2D eigenvalue weighted by Gasteiger charge is 2.34. The molecule has 15 heavy (non-hydrogen) atoms. The van der Waals surface area contributed by atoms with Gasteiger partial charge in [0, 0.05) is 31.3 Å². The second-order valence-electron chi connectivity index (χ2n) is 5.13. The number of carbonyl (C=O) groups is 1. The van der Waals surface area contributed by atoms with Gasteiger partial charge in [-0.15, -0.1) is 0 Å². The van der Waals surface area contributed by atoms with Gasteiger partial charge in [0.2, 0.25) is 0 Å². The molecule has 0 radical (unpaired) electrons. The average molecular weight is 213 g/mol. The van der Waals surface area contributed by atoms with Gasteiger partial charge in [-0.3, -0.25) is 14.1 Å². The molecule has 86 valence electrons. The summed E-state index contributed by atoms with van der Waals surface area (Å²) in [5, 5.41) is 0. The first-order chi connectivity index (χ1) is 7.20. The van der Waals surface area contributed by atoms with E-state index in [1.807, 2.05) is 0 Å². The Balaban J connectivity index is 1.94. The summed E-state index contributed by atoms with van der Waals surface area (Å²) in [6.45, 7) is 3.86. The number of carbonyl (C=O) groups excluding carboxylic acids is 1. The normalized spacial score (nSPS) is 38.5. The monoisotopic (exact) mass is 213 g/mol. The fraction of sp³-hybridized carbons (Fsp3) is 0.917. The molecule has 0 aromatic carbocycles. The van der Waals surface area contributed by atoms with Crippen LogP contribution in [-0.2, 0) is 4.79 Å². The van der Waals surface area contributed by atoms with Gasteiger partial charge >= 0.3 is 0 Å². The van der Waals surface area contributed by atoms with Gasteiger partial charge in [-0.2, -0.15) is 0 Å². The van der Waals surface area contributed by atoms with Gasteiger partial charge in [0.25, 0.3) is 0 Å². The molecule has 0 aromatic rings. The Bertz CT molecular complexity index is 244. The Hall–Kier alpha value is -0.440. The number of halogens is 1. The number of likely N-dealkylation sites (tertiary alicyclic amines) is 1. The van der Waals surface area contributed by atoms with Crippen LogP contribution in [-0.4, -0.2) is 36.5 Å². The van der Waals surface area contributed by atoms with Crippen molar-refractivity contribution in [3.8, 4) is 0 Å². The zero-order chi connectivity index (χ0) is 10.8. The molecule has 0 N–H and O–H groups in total. The molecule has 1 saturated carbocycles. The minimum absolute atomic E-state index is 0.203. The average Bonchev–Trinajstić information content (AvgIpc) is 2.70. The standard InChI is InChI=1S/C12H20FNO/c1-9-2-3-11(15)6-12(9)14-5-4-10(7-13)8-14/h9-10,12H,2-8H2,1H3. The summed E-state index contributed by atoms with van der Waals surface area (Å²) in [6, 6.07) is 0.391. The lowest BCUT2D eigenvalue weighted by atomic mass is 9.84. The molecule has 1 heterocycles. The van der Waals surface area contributed by atoms with Gasteiger partial charge < -0.3 is 0 Å². The first-order valence-electron chi connectivity index (χ1n) is 6.02. The van der Waals surface area contributed by atoms with Gasteiger partial charge in [0.05, 0.1) is 6.67 Å². The first kappa shape index (κ1) is 11.1. The quantitative estimate of drug-likeness (QED) is 0.699. The van der Waals surface area contributed by atoms with Crippen molar-refractivity contribution in [3.63, 3.8) is 0 Å². The predicted molar refractivity (Wildman–Crippen MR) is 57.5 cm³/mol. The molecule has 1 aliphatic heterocycles. The Labute approximate surface area is 90.8 Å². The summed E-state index contributed by atoms with van der Waals surface area (Å²) in [7, 11) is 0. The predicted octanol–water partition coefficient (Wildman–Crippen LogP) is 2.04. The Kier molecular flexibility index (Phi) is 3.39. The Morgan fingerprint density at radius 3 is 2.93 bits per heavy atom. The van der Waals surface area contributed by atoms with Crippen molar-refractivity contribution in [3.05, 3.63) is 0 Å². The fourth-order valence-corrected chi connectivity index (χ4v) is 2.90. The molecule has 3 unspecified atom stereocenters. The first-order valence-corrected chi connectivity index (χ1v) is 6.02. The van der Waals surface area contributed by atoms with Crippen molar-refractivity contribution >= 4 is 5.78 Å². The third-order valence-corrected chi connectivity index (χ3v) is 3.98. The highest BCUT2D eigenvalue weighted by molar-refractivity contribution is 5.79. The highest BCUT2D eigenvalue weighted by Crippen LogP contribution is 2.30. The molecule has 0 spiro atoms. The van der Waals surface area contributed by atoms with Crippen molar-refractivity contribution in [2.24, 2.45) is 11.8 Å². The summed E-state index contributed by atoms with van der Waals surface area (Å²) in [5.74, 6) is 1.21. The SMILES string of the molecule is CC1CCC(=O)CC1N1CCC(CF)C1. The molecular weight excluding hydrogens is 193 g/mol. The van der Waals surface area contributed by atoms with Crippen LogP contribution < -0.4 is 0 Å². The molecule has 2 rings (SSSR count). The lowest BCUT2D eigenvalue weighted by Gasteiger charge is -2.35. The summed E-state index contributed by atoms with van der Waals surface area (Å²) in [6.07, 6.45) is 3.42. The van der Waals surface area contributed by atoms with Crippen LogP contribution in [0.1, 0.15) is 32.6 Å². The van der Waals surface area contributed by atoms with Crippen LogP contribution in [0.5, 0.6) is 0 Å². The number of ketones is 1. The summed E-state index contributed by atoms with van der Waals surface area (Å²) < 4.78 is 12.5. The summed E-state index contributed by atoms with van der Waals surface area (Å²) in [4.78, 5) is 13.8. The van der Waals surface area contributed by atoms with Crippen molar-refractivity contribution in [1.29, 1.82) is 0 Å². The van der Waals surface area contributed by atoms with Gasteiger partial charge in [-0.1, -0.05) is 6.92 Å². The number of rotatable bonds is 2. The number of hydrogen-bond donors (Lipinski definition) is 0. The third-order valence-electron chi connectivity index (χ3n) is 3.98. The molecule has 0 bridgehead atoms. The van der Waals surface area contributed by atoms with Gasteiger partial charge in [-0.25, -0.2) is 0 Å². The topological polar surface area (TPSA) is 20.3 Å². The van der Waals surface area contributed by atoms with E-state index in [2.05, 4.69) is 11.8 Å². The maximum atomic E-state index is 12.5. The maximum Gasteiger partial charge on any atom is 0.134 e. The van der Waals surface area contributed by atoms with Crippen LogP contribution in [0.15, 0.2) is 0 Å². The lowest BCUT2D eigenvalue weighted by molar-refractivity contribution is -0.123. The van der Waals surface area contributed by atoms with Crippen molar-refractivity contribution < 1.29 is 9.18 Å². The lowest BCUT2D eigenvalue weighted by Crippen LogP contribution is -2.42. The van der Waals surface area contributed by atoms with E-state index in [1.165, 1.54) is 0 Å². The van der Waals surface area contributed by atoms with E-state index in [9.17, 15) is 9.18 Å². The second-order valence-corrected chi connectivity index (χ2v) is 5.13. The van der Waals surface area contributed by atoms with E-state index in [0.29, 0.717) is 24.2 Å². The molecule has 2 nitrogen and oxygen atoms in total. The van der Waals surface area contributed by atoms with Crippen LogP contribution in [0.25, 0.3) is 0 Å². The van der Waals surface area contributed by atoms with Crippen molar-refractivity contribution in [1.82, 2.24) is 4.90 Å². The van der Waals surface area contributed by atoms with E-state index in [-0.39, 0.29) is 12.6 Å². The Morgan fingerprint density at radius 1 is 1.47 bits per heavy atom. The third kappa shape index (κ3) is 2.39. The molecule has 1 saturated heterocycles. The van der Waals surface area contributed by atoms with Gasteiger partial charge in [-0.05, 0) is 25.3 Å². The van der Waals surface area contributed by atoms with Gasteiger partial charge in [0.15, 0.2) is 0 Å². The van der Waals surface area contributed by atoms with E-state index in [4.69, 9.17) is 0 Å². The maximum absolute atomic E-state index is 12.5. The smallest absolute Gasteiger partial charge is 0.134 e. The summed E-state index contributed by atoms with van der Waals surface area (Å²) in [5.41, 5.74) is 0. The highest BCUT2D eigenvalue weighted by atomic mass is 19.1. The van der Waals surface area contributed by atoms with Crippen molar-refractivity contribution in [2.75, 3.05) is 19.8 Å². The molecule has 3 heteroatoms. The fourth-order valence-electron chi connectivity index (χ4n) is 2.90. The van der Waals surface area contributed by atoms with E-state index in [1.54, 1.807) is 0 Å². The van der Waals surface area contributed by atoms with E-state index < -0.39 is 0 Å². The molecule has 0 aromatic heterocycles. The van der Waals surface area contributed by atoms with Gasteiger partial charge in [0.1, 0.15) is 5.78 Å². The zero-order valence-electron chi connectivity index (χ0n) is 9.42. The van der Waals surface area contributed by atoms with Crippen molar-refractivity contribution in [2.45, 2.75) is 38.6 Å². The van der Waals surface area contributed by atoms with Crippen LogP contribution in [0.4, 0.5) is 4.39 Å². The molecule has 2 fully saturated rings. The van der Waals surface area contributed by atoms with E-state index in [0.717, 1.165) is 32.4 Å². The van der Waals surface area contributed by atoms with Crippen LogP contribution in [0.2, 0.25) is 0 Å². The van der Waals surface area contributed by atoms with Crippen LogP contribution in [0.3, 0.4) is 0 Å². The number of nitrogens with zero attached hydrogens (tertiary/aromatic N) is 1. The van der Waals surface area contributed by atoms with Crippen LogP contribution >= 0.6 is 0 Å². The van der Waals surface area contributed by atoms with Crippen LogP contribution in [0, 0.1) is 11.8 Å². The molecule has 3 atom stereocenters. The minimum Gasteiger partial charge on any atom is -0.300 e. The second kappa shape index (κ2) is 4.60. The number of Topliss-reactive ketones (excluding diaryl/α,β-unsaturated/α-hetero) is 1. The number of alkyl halides is 1. The minimum atomic E-state index is -0.203. The molecule has 0 amide bonds. The number of hydrogen-bond acceptors (Lipinski definition) is 2. The molecular formula is C12H20FNO. The summed E-state index contributed by atoms with van der Waals surface area (Å²) >= 11 is 0. The molecule has 1 aliphatic carbocycles. The van der Waals surface area contributed by atoms with E-state index >= 15 is 0 Å². The molecule has 2 aliphatic rings.